The number of imidazole rings is 1. The fourth-order valence-electron chi connectivity index (χ4n) is 3.50. The molecule has 4 heterocycles. The quantitative estimate of drug-likeness (QED) is 0.773. The number of nitrogens with one attached hydrogen (secondary N) is 1. The van der Waals surface area contributed by atoms with Gasteiger partial charge in [0.25, 0.3) is 11.8 Å². The van der Waals surface area contributed by atoms with E-state index in [0.29, 0.717) is 37.4 Å². The number of amides is 2. The lowest BCUT2D eigenvalue weighted by atomic mass is 10.0. The van der Waals surface area contributed by atoms with Gasteiger partial charge in [0.05, 0.1) is 6.26 Å². The van der Waals surface area contributed by atoms with Crippen LogP contribution < -0.4 is 5.32 Å². The summed E-state index contributed by atoms with van der Waals surface area (Å²) < 4.78 is 7.16. The van der Waals surface area contributed by atoms with Crippen LogP contribution in [0.5, 0.6) is 0 Å². The minimum Gasteiger partial charge on any atom is -0.459 e. The number of hydrogen-bond donors (Lipinski definition) is 1. The van der Waals surface area contributed by atoms with Crippen molar-refractivity contribution in [2.75, 3.05) is 13.1 Å². The molecule has 0 aromatic carbocycles. The lowest BCUT2D eigenvalue weighted by molar-refractivity contribution is 0.0690. The molecule has 1 aliphatic rings. The van der Waals surface area contributed by atoms with Gasteiger partial charge >= 0.3 is 0 Å². The molecule has 0 atom stereocenters. The van der Waals surface area contributed by atoms with Gasteiger partial charge < -0.3 is 19.0 Å². The maximum absolute atomic E-state index is 12.8. The average molecular weight is 366 g/mol. The average Bonchev–Trinajstić information content (AvgIpc) is 3.29. The number of aryl methyl sites for hydroxylation is 2. The summed E-state index contributed by atoms with van der Waals surface area (Å²) >= 11 is 0. The number of likely N-dealkylation sites (tertiary alicyclic amines) is 1. The smallest absolute Gasteiger partial charge is 0.287 e. The summed E-state index contributed by atoms with van der Waals surface area (Å²) in [6.45, 7) is 5.01. The summed E-state index contributed by atoms with van der Waals surface area (Å²) in [4.78, 5) is 31.3. The van der Waals surface area contributed by atoms with E-state index >= 15 is 0 Å². The molecule has 3 aromatic rings. The van der Waals surface area contributed by atoms with Gasteiger partial charge in [-0.1, -0.05) is 6.07 Å². The molecule has 1 aliphatic heterocycles. The van der Waals surface area contributed by atoms with Crippen molar-refractivity contribution in [3.05, 3.63) is 59.4 Å². The number of piperidine rings is 1. The molecule has 0 spiro atoms. The molecular weight excluding hydrogens is 344 g/mol. The molecule has 3 aromatic heterocycles. The van der Waals surface area contributed by atoms with Crippen LogP contribution in [0.4, 0.5) is 0 Å². The molecule has 1 fully saturated rings. The zero-order valence-electron chi connectivity index (χ0n) is 15.4. The van der Waals surface area contributed by atoms with Crippen LogP contribution in [-0.4, -0.2) is 45.2 Å². The van der Waals surface area contributed by atoms with Crippen LogP contribution in [0.2, 0.25) is 0 Å². The van der Waals surface area contributed by atoms with E-state index in [1.165, 1.54) is 6.26 Å². The second-order valence-corrected chi connectivity index (χ2v) is 6.99. The van der Waals surface area contributed by atoms with Crippen molar-refractivity contribution in [3.63, 3.8) is 0 Å². The van der Waals surface area contributed by atoms with Crippen molar-refractivity contribution in [3.8, 4) is 0 Å². The van der Waals surface area contributed by atoms with E-state index in [-0.39, 0.29) is 17.9 Å². The molecule has 27 heavy (non-hydrogen) atoms. The van der Waals surface area contributed by atoms with Gasteiger partial charge in [-0.25, -0.2) is 4.98 Å². The molecule has 0 saturated carbocycles. The summed E-state index contributed by atoms with van der Waals surface area (Å²) in [7, 11) is 0. The number of carbonyl (C=O) groups excluding carboxylic acids is 2. The van der Waals surface area contributed by atoms with Crippen LogP contribution in [0.1, 0.15) is 45.1 Å². The lowest BCUT2D eigenvalue weighted by Crippen LogP contribution is -2.46. The zero-order valence-corrected chi connectivity index (χ0v) is 15.4. The van der Waals surface area contributed by atoms with Gasteiger partial charge in [0.2, 0.25) is 0 Å². The topological polar surface area (TPSA) is 79.9 Å². The highest BCUT2D eigenvalue weighted by molar-refractivity contribution is 5.94. The second-order valence-electron chi connectivity index (χ2n) is 6.99. The fourth-order valence-corrected chi connectivity index (χ4v) is 3.50. The predicted octanol–water partition coefficient (Wildman–Crippen LogP) is 2.58. The molecule has 0 aliphatic carbocycles. The Hall–Kier alpha value is -3.09. The highest BCUT2D eigenvalue weighted by Gasteiger charge is 2.27. The first-order chi connectivity index (χ1) is 13.0. The molecule has 0 bridgehead atoms. The maximum Gasteiger partial charge on any atom is 0.287 e. The Morgan fingerprint density at radius 3 is 2.63 bits per heavy atom. The highest BCUT2D eigenvalue weighted by Crippen LogP contribution is 2.17. The van der Waals surface area contributed by atoms with E-state index in [0.717, 1.165) is 16.9 Å². The third kappa shape index (κ3) is 3.32. The highest BCUT2D eigenvalue weighted by atomic mass is 16.3. The summed E-state index contributed by atoms with van der Waals surface area (Å²) in [5.74, 6) is 0.0939. The molecule has 2 amide bonds. The summed E-state index contributed by atoms with van der Waals surface area (Å²) in [6.07, 6.45) is 4.73. The Morgan fingerprint density at radius 2 is 1.96 bits per heavy atom. The van der Waals surface area contributed by atoms with E-state index in [2.05, 4.69) is 10.3 Å². The number of pyridine rings is 1. The normalized spacial score (nSPS) is 15.3. The molecule has 4 rings (SSSR count). The Balaban J connectivity index is 1.38. The van der Waals surface area contributed by atoms with Gasteiger partial charge in [0.1, 0.15) is 11.3 Å². The number of fused-ring (bicyclic) bond motifs is 1. The maximum atomic E-state index is 12.8. The first-order valence-corrected chi connectivity index (χ1v) is 9.12. The molecule has 1 N–H and O–H groups in total. The van der Waals surface area contributed by atoms with E-state index in [9.17, 15) is 9.59 Å². The molecule has 1 saturated heterocycles. The number of carbonyl (C=O) groups is 2. The third-order valence-corrected chi connectivity index (χ3v) is 5.10. The number of furan rings is 1. The van der Waals surface area contributed by atoms with Crippen molar-refractivity contribution in [1.82, 2.24) is 19.6 Å². The van der Waals surface area contributed by atoms with Crippen LogP contribution in [0.25, 0.3) is 5.65 Å². The first-order valence-electron chi connectivity index (χ1n) is 9.12. The Morgan fingerprint density at radius 1 is 1.19 bits per heavy atom. The van der Waals surface area contributed by atoms with Crippen LogP contribution in [-0.2, 0) is 0 Å². The second kappa shape index (κ2) is 6.90. The Labute approximate surface area is 157 Å². The molecule has 0 radical (unpaired) electrons. The van der Waals surface area contributed by atoms with Gasteiger partial charge in [0.15, 0.2) is 5.76 Å². The Bertz CT molecular complexity index is 996. The van der Waals surface area contributed by atoms with Crippen molar-refractivity contribution in [2.45, 2.75) is 32.7 Å². The number of rotatable bonds is 3. The van der Waals surface area contributed by atoms with E-state index in [1.54, 1.807) is 17.2 Å². The largest absolute Gasteiger partial charge is 0.459 e. The lowest BCUT2D eigenvalue weighted by Gasteiger charge is -2.31. The molecule has 7 heteroatoms. The minimum atomic E-state index is -0.196. The minimum absolute atomic E-state index is 0.0364. The van der Waals surface area contributed by atoms with Gasteiger partial charge in [-0.05, 0) is 44.9 Å². The van der Waals surface area contributed by atoms with Gasteiger partial charge in [0, 0.05) is 36.6 Å². The summed E-state index contributed by atoms with van der Waals surface area (Å²) in [6, 6.07) is 7.61. The van der Waals surface area contributed by atoms with Crippen LogP contribution in [0.3, 0.4) is 0 Å². The number of nitrogens with zero attached hydrogens (tertiary/aromatic N) is 3. The standard InChI is InChI=1S/C20H22N4O3/c1-13-8-11-27-18(13)19(25)21-15-6-9-23(10-7-15)20(26)16-12-24-14(2)4-3-5-17(24)22-16/h3-5,8,11-12,15H,6-7,9-10H2,1-2H3,(H,21,25). The SMILES string of the molecule is Cc1ccoc1C(=O)NC1CCN(C(=O)c2cn3c(C)cccc3n2)CC1. The van der Waals surface area contributed by atoms with Crippen molar-refractivity contribution in [1.29, 1.82) is 0 Å². The summed E-state index contributed by atoms with van der Waals surface area (Å²) in [5, 5.41) is 3.00. The van der Waals surface area contributed by atoms with Crippen molar-refractivity contribution < 1.29 is 14.0 Å². The van der Waals surface area contributed by atoms with Crippen molar-refractivity contribution in [2.24, 2.45) is 0 Å². The van der Waals surface area contributed by atoms with Crippen LogP contribution >= 0.6 is 0 Å². The van der Waals surface area contributed by atoms with Crippen LogP contribution in [0.15, 0.2) is 41.1 Å². The van der Waals surface area contributed by atoms with Gasteiger partial charge in [-0.2, -0.15) is 0 Å². The fraction of sp³-hybridized carbons (Fsp3) is 0.350. The zero-order chi connectivity index (χ0) is 19.0. The van der Waals surface area contributed by atoms with Crippen LogP contribution in [0, 0.1) is 13.8 Å². The summed E-state index contributed by atoms with van der Waals surface area (Å²) in [5.41, 5.74) is 3.09. The van der Waals surface area contributed by atoms with E-state index < -0.39 is 0 Å². The first kappa shape index (κ1) is 17.3. The molecule has 0 unspecified atom stereocenters. The predicted molar refractivity (Wildman–Crippen MR) is 99.8 cm³/mol. The van der Waals surface area contributed by atoms with E-state index in [1.807, 2.05) is 36.4 Å². The molecule has 7 nitrogen and oxygen atoms in total. The molecule has 140 valence electrons. The Kier molecular flexibility index (Phi) is 4.43. The van der Waals surface area contributed by atoms with Gasteiger partial charge in [-0.3, -0.25) is 9.59 Å². The van der Waals surface area contributed by atoms with Gasteiger partial charge in [-0.15, -0.1) is 0 Å². The third-order valence-electron chi connectivity index (χ3n) is 5.10. The number of hydrogen-bond acceptors (Lipinski definition) is 4. The van der Waals surface area contributed by atoms with Crippen molar-refractivity contribution >= 4 is 17.5 Å². The molecular formula is C20H22N4O3. The number of aromatic nitrogens is 2. The monoisotopic (exact) mass is 366 g/mol. The van der Waals surface area contributed by atoms with E-state index in [4.69, 9.17) is 4.42 Å².